The van der Waals surface area contributed by atoms with Gasteiger partial charge in [0.1, 0.15) is 11.1 Å². The van der Waals surface area contributed by atoms with E-state index >= 15 is 0 Å². The standard InChI is InChI=1S/C22H27ClN6O2/c1-15(2)13-29(21-19(23)12-25-20(11-24)26-21)27-22(31)17-5-3-16(4-6-17)14-28-9-7-18(30)8-10-28/h3-6,12,15,18,30H,7-10,13-14H2,1-2H3,(H,27,31). The van der Waals surface area contributed by atoms with Gasteiger partial charge in [-0.25, -0.2) is 4.98 Å². The van der Waals surface area contributed by atoms with Crippen molar-refractivity contribution in [3.05, 3.63) is 52.4 Å². The maximum Gasteiger partial charge on any atom is 0.269 e. The Morgan fingerprint density at radius 3 is 2.65 bits per heavy atom. The number of rotatable bonds is 7. The van der Waals surface area contributed by atoms with Crippen LogP contribution in [0.5, 0.6) is 0 Å². The Labute approximate surface area is 187 Å². The summed E-state index contributed by atoms with van der Waals surface area (Å²) in [5.74, 6) is 0.194. The molecule has 1 saturated heterocycles. The van der Waals surface area contributed by atoms with E-state index in [4.69, 9.17) is 16.9 Å². The third kappa shape index (κ3) is 6.37. The summed E-state index contributed by atoms with van der Waals surface area (Å²) >= 11 is 6.24. The molecule has 0 aliphatic carbocycles. The first-order valence-electron chi connectivity index (χ1n) is 10.4. The highest BCUT2D eigenvalue weighted by atomic mass is 35.5. The highest BCUT2D eigenvalue weighted by molar-refractivity contribution is 6.32. The summed E-state index contributed by atoms with van der Waals surface area (Å²) in [6, 6.07) is 9.36. The smallest absolute Gasteiger partial charge is 0.269 e. The molecule has 1 fully saturated rings. The number of aromatic nitrogens is 2. The van der Waals surface area contributed by atoms with Gasteiger partial charge in [0.25, 0.3) is 5.91 Å². The van der Waals surface area contributed by atoms with Crippen LogP contribution in [0, 0.1) is 17.2 Å². The fraction of sp³-hybridized carbons (Fsp3) is 0.455. The summed E-state index contributed by atoms with van der Waals surface area (Å²) in [6.07, 6.45) is 2.76. The second kappa shape index (κ2) is 10.5. The molecule has 3 rings (SSSR count). The molecule has 1 aliphatic rings. The number of amides is 1. The van der Waals surface area contributed by atoms with E-state index < -0.39 is 0 Å². The summed E-state index contributed by atoms with van der Waals surface area (Å²) in [6.45, 7) is 7.02. The van der Waals surface area contributed by atoms with Crippen molar-refractivity contribution in [2.24, 2.45) is 5.92 Å². The van der Waals surface area contributed by atoms with E-state index in [-0.39, 0.29) is 28.8 Å². The quantitative estimate of drug-likeness (QED) is 0.635. The SMILES string of the molecule is CC(C)CN(NC(=O)c1ccc(CN2CCC(O)CC2)cc1)c1nc(C#N)ncc1Cl. The number of benzene rings is 1. The third-order valence-electron chi connectivity index (χ3n) is 5.04. The van der Waals surface area contributed by atoms with Gasteiger partial charge in [-0.05, 0) is 36.5 Å². The zero-order valence-corrected chi connectivity index (χ0v) is 18.5. The van der Waals surface area contributed by atoms with Crippen LogP contribution in [0.25, 0.3) is 0 Å². The number of anilines is 1. The number of hydrogen-bond acceptors (Lipinski definition) is 7. The van der Waals surface area contributed by atoms with Crippen molar-refractivity contribution in [3.8, 4) is 6.07 Å². The monoisotopic (exact) mass is 442 g/mol. The molecule has 0 bridgehead atoms. The number of aliphatic hydroxyl groups excluding tert-OH is 1. The summed E-state index contributed by atoms with van der Waals surface area (Å²) in [5, 5.41) is 20.5. The van der Waals surface area contributed by atoms with Gasteiger partial charge in [-0.3, -0.25) is 20.1 Å². The number of hydrazine groups is 1. The van der Waals surface area contributed by atoms with Crippen LogP contribution in [-0.4, -0.2) is 51.6 Å². The van der Waals surface area contributed by atoms with Gasteiger partial charge < -0.3 is 5.11 Å². The Morgan fingerprint density at radius 2 is 2.03 bits per heavy atom. The van der Waals surface area contributed by atoms with Crippen molar-refractivity contribution < 1.29 is 9.90 Å². The van der Waals surface area contributed by atoms with Gasteiger partial charge in [0.05, 0.1) is 12.3 Å². The van der Waals surface area contributed by atoms with Crippen molar-refractivity contribution in [1.29, 1.82) is 5.26 Å². The lowest BCUT2D eigenvalue weighted by Gasteiger charge is -2.29. The maximum absolute atomic E-state index is 12.9. The minimum atomic E-state index is -0.290. The molecule has 0 saturated carbocycles. The summed E-state index contributed by atoms with van der Waals surface area (Å²) in [4.78, 5) is 23.2. The molecular formula is C22H27ClN6O2. The summed E-state index contributed by atoms with van der Waals surface area (Å²) in [7, 11) is 0. The Balaban J connectivity index is 1.69. The number of piperidine rings is 1. The fourth-order valence-electron chi connectivity index (χ4n) is 3.44. The van der Waals surface area contributed by atoms with Crippen molar-refractivity contribution in [3.63, 3.8) is 0 Å². The Hall–Kier alpha value is -2.73. The van der Waals surface area contributed by atoms with Crippen LogP contribution in [0.4, 0.5) is 5.82 Å². The van der Waals surface area contributed by atoms with Gasteiger partial charge in [0, 0.05) is 31.7 Å². The molecule has 2 aromatic rings. The second-order valence-electron chi connectivity index (χ2n) is 8.13. The molecule has 0 spiro atoms. The molecular weight excluding hydrogens is 416 g/mol. The molecule has 0 unspecified atom stereocenters. The van der Waals surface area contributed by atoms with E-state index in [1.807, 2.05) is 32.0 Å². The molecule has 8 nitrogen and oxygen atoms in total. The van der Waals surface area contributed by atoms with E-state index in [0.717, 1.165) is 38.0 Å². The van der Waals surface area contributed by atoms with Crippen LogP contribution in [0.1, 0.15) is 48.4 Å². The number of nitrogens with zero attached hydrogens (tertiary/aromatic N) is 5. The molecule has 1 aromatic carbocycles. The predicted octanol–water partition coefficient (Wildman–Crippen LogP) is 2.77. The molecule has 0 atom stereocenters. The van der Waals surface area contributed by atoms with Gasteiger partial charge in [0.2, 0.25) is 5.82 Å². The minimum absolute atomic E-state index is 0.0167. The Morgan fingerprint density at radius 1 is 1.35 bits per heavy atom. The number of aliphatic hydroxyl groups is 1. The van der Waals surface area contributed by atoms with Crippen LogP contribution in [0.3, 0.4) is 0 Å². The number of carbonyl (C=O) groups is 1. The van der Waals surface area contributed by atoms with Gasteiger partial charge in [-0.2, -0.15) is 10.2 Å². The minimum Gasteiger partial charge on any atom is -0.393 e. The molecule has 1 aliphatic heterocycles. The van der Waals surface area contributed by atoms with E-state index in [0.29, 0.717) is 17.9 Å². The number of halogens is 1. The molecule has 31 heavy (non-hydrogen) atoms. The van der Waals surface area contributed by atoms with Crippen molar-refractivity contribution in [1.82, 2.24) is 20.3 Å². The topological polar surface area (TPSA) is 105 Å². The van der Waals surface area contributed by atoms with Crippen LogP contribution < -0.4 is 10.4 Å². The van der Waals surface area contributed by atoms with E-state index in [1.165, 1.54) is 6.20 Å². The molecule has 2 N–H and O–H groups in total. The zero-order chi connectivity index (χ0) is 22.4. The van der Waals surface area contributed by atoms with E-state index in [2.05, 4.69) is 20.3 Å². The zero-order valence-electron chi connectivity index (χ0n) is 17.8. The number of likely N-dealkylation sites (tertiary alicyclic amines) is 1. The number of hydrogen-bond donors (Lipinski definition) is 2. The molecule has 9 heteroatoms. The van der Waals surface area contributed by atoms with Crippen molar-refractivity contribution in [2.75, 3.05) is 24.6 Å². The van der Waals surface area contributed by atoms with Gasteiger partial charge in [0.15, 0.2) is 5.82 Å². The van der Waals surface area contributed by atoms with E-state index in [9.17, 15) is 9.90 Å². The summed E-state index contributed by atoms with van der Waals surface area (Å²) < 4.78 is 0. The normalized spacial score (nSPS) is 15.0. The van der Waals surface area contributed by atoms with Crippen LogP contribution >= 0.6 is 11.6 Å². The average molecular weight is 443 g/mol. The van der Waals surface area contributed by atoms with Crippen LogP contribution in [0.2, 0.25) is 5.02 Å². The molecule has 1 aromatic heterocycles. The molecule has 0 radical (unpaired) electrons. The fourth-order valence-corrected chi connectivity index (χ4v) is 3.63. The number of carbonyl (C=O) groups excluding carboxylic acids is 1. The maximum atomic E-state index is 12.9. The van der Waals surface area contributed by atoms with Crippen LogP contribution in [0.15, 0.2) is 30.5 Å². The predicted molar refractivity (Wildman–Crippen MR) is 118 cm³/mol. The first kappa shape index (κ1) is 22.9. The van der Waals surface area contributed by atoms with Gasteiger partial charge in [-0.15, -0.1) is 0 Å². The Kier molecular flexibility index (Phi) is 7.80. The molecule has 1 amide bonds. The number of nitriles is 1. The first-order chi connectivity index (χ1) is 14.9. The highest BCUT2D eigenvalue weighted by Crippen LogP contribution is 2.22. The lowest BCUT2D eigenvalue weighted by molar-refractivity contribution is 0.0792. The largest absolute Gasteiger partial charge is 0.393 e. The summed E-state index contributed by atoms with van der Waals surface area (Å²) in [5.41, 5.74) is 4.48. The second-order valence-corrected chi connectivity index (χ2v) is 8.53. The highest BCUT2D eigenvalue weighted by Gasteiger charge is 2.20. The van der Waals surface area contributed by atoms with Gasteiger partial charge >= 0.3 is 0 Å². The average Bonchev–Trinajstić information content (AvgIpc) is 2.75. The molecule has 2 heterocycles. The Bertz CT molecular complexity index is 936. The van der Waals surface area contributed by atoms with Crippen LogP contribution in [-0.2, 0) is 6.54 Å². The van der Waals surface area contributed by atoms with E-state index in [1.54, 1.807) is 17.1 Å². The van der Waals surface area contributed by atoms with Gasteiger partial charge in [-0.1, -0.05) is 37.6 Å². The first-order valence-corrected chi connectivity index (χ1v) is 10.7. The third-order valence-corrected chi connectivity index (χ3v) is 5.31. The lowest BCUT2D eigenvalue weighted by atomic mass is 10.1. The van der Waals surface area contributed by atoms with Crippen molar-refractivity contribution in [2.45, 2.75) is 39.3 Å². The van der Waals surface area contributed by atoms with Crippen molar-refractivity contribution >= 4 is 23.3 Å². The number of nitrogens with one attached hydrogen (secondary N) is 1. The lowest BCUT2D eigenvalue weighted by Crippen LogP contribution is -2.45. The molecule has 164 valence electrons.